The van der Waals surface area contributed by atoms with Gasteiger partial charge in [0, 0.05) is 53.4 Å². The van der Waals surface area contributed by atoms with E-state index in [4.69, 9.17) is 0 Å². The van der Waals surface area contributed by atoms with Crippen LogP contribution in [0.1, 0.15) is 0 Å². The first-order chi connectivity index (χ1) is 31.3. The van der Waals surface area contributed by atoms with E-state index in [0.717, 1.165) is 39.4 Å². The van der Waals surface area contributed by atoms with Crippen LogP contribution >= 0.6 is 11.3 Å². The Hall–Kier alpha value is -7.98. The fourth-order valence-electron chi connectivity index (χ4n) is 9.56. The molecule has 0 saturated heterocycles. The van der Waals surface area contributed by atoms with Gasteiger partial charge in [-0.1, -0.05) is 182 Å². The summed E-state index contributed by atoms with van der Waals surface area (Å²) in [6, 6.07) is 88.5. The van der Waals surface area contributed by atoms with Crippen molar-refractivity contribution in [3.8, 4) is 50.2 Å². The summed E-state index contributed by atoms with van der Waals surface area (Å²) in [6.07, 6.45) is 0. The molecule has 63 heavy (non-hydrogen) atoms. The van der Waals surface area contributed by atoms with E-state index in [1.807, 2.05) is 11.3 Å². The Labute approximate surface area is 370 Å². The molecule has 0 aliphatic heterocycles. The van der Waals surface area contributed by atoms with Crippen molar-refractivity contribution in [1.82, 2.24) is 4.57 Å². The van der Waals surface area contributed by atoms with Crippen molar-refractivity contribution in [2.24, 2.45) is 0 Å². The number of benzene rings is 10. The Kier molecular flexibility index (Phi) is 9.06. The molecular formula is C60H40N2S. The topological polar surface area (TPSA) is 8.17 Å². The molecule has 296 valence electrons. The normalized spacial score (nSPS) is 11.5. The van der Waals surface area contributed by atoms with Gasteiger partial charge in [-0.05, 0) is 94.0 Å². The summed E-state index contributed by atoms with van der Waals surface area (Å²) >= 11 is 1.88. The highest BCUT2D eigenvalue weighted by Gasteiger charge is 2.25. The summed E-state index contributed by atoms with van der Waals surface area (Å²) in [5.74, 6) is 0. The summed E-state index contributed by atoms with van der Waals surface area (Å²) in [6.45, 7) is 0. The van der Waals surface area contributed by atoms with Crippen molar-refractivity contribution in [1.29, 1.82) is 0 Å². The second kappa shape index (κ2) is 15.5. The second-order valence-electron chi connectivity index (χ2n) is 16.0. The average molecular weight is 821 g/mol. The maximum absolute atomic E-state index is 2.51. The molecule has 0 bridgehead atoms. The van der Waals surface area contributed by atoms with Gasteiger partial charge in [0.2, 0.25) is 0 Å². The Balaban J connectivity index is 1.17. The molecule has 0 aliphatic rings. The molecule has 12 rings (SSSR count). The number of aromatic nitrogens is 1. The molecule has 3 heteroatoms. The van der Waals surface area contributed by atoms with E-state index in [1.54, 1.807) is 0 Å². The zero-order chi connectivity index (χ0) is 41.7. The van der Waals surface area contributed by atoms with E-state index in [1.165, 1.54) is 69.8 Å². The lowest BCUT2D eigenvalue weighted by Gasteiger charge is -2.30. The van der Waals surface area contributed by atoms with Gasteiger partial charge in [0.05, 0.1) is 22.4 Å². The van der Waals surface area contributed by atoms with Crippen molar-refractivity contribution >= 4 is 70.4 Å². The van der Waals surface area contributed by atoms with Gasteiger partial charge in [-0.3, -0.25) is 0 Å². The minimum atomic E-state index is 1.08. The molecule has 0 aliphatic carbocycles. The molecule has 2 nitrogen and oxygen atoms in total. The lowest BCUT2D eigenvalue weighted by Crippen LogP contribution is -2.12. The van der Waals surface area contributed by atoms with E-state index >= 15 is 0 Å². The van der Waals surface area contributed by atoms with E-state index in [2.05, 4.69) is 252 Å². The molecule has 12 aromatic rings. The third-order valence-corrected chi connectivity index (χ3v) is 13.6. The van der Waals surface area contributed by atoms with Crippen LogP contribution < -0.4 is 4.90 Å². The first kappa shape index (κ1) is 36.8. The van der Waals surface area contributed by atoms with Crippen LogP contribution in [-0.4, -0.2) is 4.57 Å². The van der Waals surface area contributed by atoms with E-state index in [-0.39, 0.29) is 0 Å². The zero-order valence-corrected chi connectivity index (χ0v) is 35.2. The van der Waals surface area contributed by atoms with Gasteiger partial charge >= 0.3 is 0 Å². The number of hydrogen-bond donors (Lipinski definition) is 0. The maximum atomic E-state index is 2.51. The lowest BCUT2D eigenvalue weighted by atomic mass is 9.92. The van der Waals surface area contributed by atoms with Crippen molar-refractivity contribution in [3.63, 3.8) is 0 Å². The summed E-state index contributed by atoms with van der Waals surface area (Å²) in [5, 5.41) is 5.00. The third kappa shape index (κ3) is 6.33. The lowest BCUT2D eigenvalue weighted by molar-refractivity contribution is 1.18. The number of hydrogen-bond acceptors (Lipinski definition) is 2. The molecule has 0 atom stereocenters. The highest BCUT2D eigenvalue weighted by atomic mass is 32.1. The first-order valence-corrected chi connectivity index (χ1v) is 22.3. The van der Waals surface area contributed by atoms with Gasteiger partial charge in [-0.15, -0.1) is 11.3 Å². The summed E-state index contributed by atoms with van der Waals surface area (Å²) in [5.41, 5.74) is 16.2. The Morgan fingerprint density at radius 1 is 0.333 bits per heavy atom. The van der Waals surface area contributed by atoms with Gasteiger partial charge in [0.1, 0.15) is 0 Å². The van der Waals surface area contributed by atoms with Crippen LogP contribution in [0.15, 0.2) is 243 Å². The Bertz CT molecular complexity index is 3610. The van der Waals surface area contributed by atoms with Gasteiger partial charge in [0.15, 0.2) is 0 Å². The molecule has 0 radical (unpaired) electrons. The van der Waals surface area contributed by atoms with Crippen LogP contribution in [0.4, 0.5) is 17.1 Å². The molecule has 0 N–H and O–H groups in total. The highest BCUT2D eigenvalue weighted by Crippen LogP contribution is 2.50. The predicted octanol–water partition coefficient (Wildman–Crippen LogP) is 17.3. The molecule has 0 spiro atoms. The van der Waals surface area contributed by atoms with Crippen LogP contribution in [-0.2, 0) is 0 Å². The third-order valence-electron chi connectivity index (χ3n) is 12.4. The number of nitrogens with zero attached hydrogens (tertiary/aromatic N) is 2. The number of para-hydroxylation sites is 2. The van der Waals surface area contributed by atoms with Crippen LogP contribution in [0.25, 0.3) is 92.2 Å². The fourth-order valence-corrected chi connectivity index (χ4v) is 10.8. The molecule has 0 fully saturated rings. The standard InChI is InChI=1S/C60H40N2S/c1-5-19-41(20-6-1)44-35-38-55(53(39-44)43-23-9-3-10-24-43)62(57-33-18-32-56-59(57)51-28-13-15-31-54(51)61(56)45-25-11-4-12-26-45)46-36-37-47(52(40-46)42-21-7-2-8-22-42)49-29-17-30-50-48-27-14-16-34-58(48)63-60(49)50/h1-40H. The first-order valence-electron chi connectivity index (χ1n) is 21.5. The molecule has 0 amide bonds. The molecule has 0 saturated carbocycles. The largest absolute Gasteiger partial charge is 0.309 e. The fraction of sp³-hybridized carbons (Fsp3) is 0. The van der Waals surface area contributed by atoms with Gasteiger partial charge in [-0.2, -0.15) is 0 Å². The van der Waals surface area contributed by atoms with Crippen molar-refractivity contribution in [3.05, 3.63) is 243 Å². The van der Waals surface area contributed by atoms with Crippen molar-refractivity contribution in [2.75, 3.05) is 4.90 Å². The van der Waals surface area contributed by atoms with E-state index in [0.29, 0.717) is 0 Å². The summed E-state index contributed by atoms with van der Waals surface area (Å²) < 4.78 is 5.02. The SMILES string of the molecule is c1ccc(-c2ccc(N(c3ccc(-c4cccc5c4sc4ccccc45)c(-c4ccccc4)c3)c3cccc4c3c3ccccc3n4-c3ccccc3)c(-c3ccccc3)c2)cc1. The highest BCUT2D eigenvalue weighted by molar-refractivity contribution is 7.26. The van der Waals surface area contributed by atoms with Gasteiger partial charge in [0.25, 0.3) is 0 Å². The minimum absolute atomic E-state index is 1.08. The number of fused-ring (bicyclic) bond motifs is 6. The molecule has 2 heterocycles. The summed E-state index contributed by atoms with van der Waals surface area (Å²) in [7, 11) is 0. The Morgan fingerprint density at radius 3 is 1.70 bits per heavy atom. The average Bonchev–Trinajstić information content (AvgIpc) is 3.92. The van der Waals surface area contributed by atoms with Gasteiger partial charge in [-0.25, -0.2) is 0 Å². The van der Waals surface area contributed by atoms with E-state index < -0.39 is 0 Å². The van der Waals surface area contributed by atoms with Crippen molar-refractivity contribution < 1.29 is 0 Å². The minimum Gasteiger partial charge on any atom is -0.309 e. The molecular weight excluding hydrogens is 781 g/mol. The molecule has 2 aromatic heterocycles. The Morgan fingerprint density at radius 2 is 0.937 bits per heavy atom. The number of thiophene rings is 1. The van der Waals surface area contributed by atoms with Gasteiger partial charge < -0.3 is 9.47 Å². The van der Waals surface area contributed by atoms with Crippen LogP contribution in [0.2, 0.25) is 0 Å². The van der Waals surface area contributed by atoms with Crippen LogP contribution in [0.3, 0.4) is 0 Å². The number of anilines is 3. The second-order valence-corrected chi connectivity index (χ2v) is 17.1. The molecule has 0 unspecified atom stereocenters. The quantitative estimate of drug-likeness (QED) is 0.148. The van der Waals surface area contributed by atoms with E-state index in [9.17, 15) is 0 Å². The predicted molar refractivity (Wildman–Crippen MR) is 270 cm³/mol. The smallest absolute Gasteiger partial charge is 0.0562 e. The maximum Gasteiger partial charge on any atom is 0.0562 e. The summed E-state index contributed by atoms with van der Waals surface area (Å²) in [4.78, 5) is 2.51. The zero-order valence-electron chi connectivity index (χ0n) is 34.4. The van der Waals surface area contributed by atoms with Crippen LogP contribution in [0, 0.1) is 0 Å². The van der Waals surface area contributed by atoms with Crippen molar-refractivity contribution in [2.45, 2.75) is 0 Å². The monoisotopic (exact) mass is 820 g/mol. The van der Waals surface area contributed by atoms with Crippen LogP contribution in [0.5, 0.6) is 0 Å². The molecule has 10 aromatic carbocycles. The number of rotatable bonds is 8.